The number of aryl methyl sites for hydroxylation is 1. The van der Waals surface area contributed by atoms with Gasteiger partial charge in [0.1, 0.15) is 12.9 Å². The SMILES string of the molecule is Cc1cc(C(C)OC[C@@]2(c3ccccc3)CCC(C=O)CN2C(=O)OCc2ccccc2)cc(C(F)(F)F)c1. The smallest absolute Gasteiger partial charge is 0.416 e. The van der Waals surface area contributed by atoms with Gasteiger partial charge in [-0.3, -0.25) is 4.90 Å². The summed E-state index contributed by atoms with van der Waals surface area (Å²) >= 11 is 0. The van der Waals surface area contributed by atoms with E-state index in [2.05, 4.69) is 0 Å². The summed E-state index contributed by atoms with van der Waals surface area (Å²) in [6.45, 7) is 3.53. The molecule has 0 bridgehead atoms. The van der Waals surface area contributed by atoms with Gasteiger partial charge in [-0.2, -0.15) is 13.2 Å². The topological polar surface area (TPSA) is 55.8 Å². The molecule has 2 unspecified atom stereocenters. The summed E-state index contributed by atoms with van der Waals surface area (Å²) in [6, 6.07) is 22.5. The lowest BCUT2D eigenvalue weighted by molar-refractivity contribution is -0.137. The first-order chi connectivity index (χ1) is 18.6. The molecule has 0 spiro atoms. The molecule has 1 heterocycles. The third kappa shape index (κ3) is 6.68. The highest BCUT2D eigenvalue weighted by Gasteiger charge is 2.47. The van der Waals surface area contributed by atoms with Crippen molar-refractivity contribution >= 4 is 12.4 Å². The van der Waals surface area contributed by atoms with Gasteiger partial charge in [0, 0.05) is 12.5 Å². The van der Waals surface area contributed by atoms with Crippen molar-refractivity contribution < 1.29 is 32.2 Å². The van der Waals surface area contributed by atoms with Gasteiger partial charge in [-0.05, 0) is 55.5 Å². The molecule has 0 N–H and O–H groups in total. The molecular formula is C31H32F3NO4. The molecule has 0 radical (unpaired) electrons. The molecule has 1 aliphatic heterocycles. The number of carbonyl (C=O) groups is 2. The van der Waals surface area contributed by atoms with Crippen molar-refractivity contribution in [1.82, 2.24) is 4.90 Å². The summed E-state index contributed by atoms with van der Waals surface area (Å²) < 4.78 is 52.3. The minimum atomic E-state index is -4.47. The number of amides is 1. The van der Waals surface area contributed by atoms with Crippen LogP contribution in [0.5, 0.6) is 0 Å². The molecule has 4 rings (SSSR count). The molecule has 5 nitrogen and oxygen atoms in total. The van der Waals surface area contributed by atoms with Gasteiger partial charge < -0.3 is 14.3 Å². The molecule has 0 saturated carbocycles. The van der Waals surface area contributed by atoms with Gasteiger partial charge in [-0.1, -0.05) is 72.3 Å². The fourth-order valence-electron chi connectivity index (χ4n) is 5.07. The first-order valence-corrected chi connectivity index (χ1v) is 12.9. The fourth-order valence-corrected chi connectivity index (χ4v) is 5.07. The van der Waals surface area contributed by atoms with Crippen molar-refractivity contribution in [3.05, 3.63) is 107 Å². The zero-order valence-electron chi connectivity index (χ0n) is 22.0. The average Bonchev–Trinajstić information content (AvgIpc) is 2.94. The number of ether oxygens (including phenoxy) is 2. The van der Waals surface area contributed by atoms with Crippen LogP contribution < -0.4 is 0 Å². The Kier molecular flexibility index (Phi) is 8.75. The summed E-state index contributed by atoms with van der Waals surface area (Å²) in [6.07, 6.45) is -3.94. The van der Waals surface area contributed by atoms with Crippen LogP contribution in [0, 0.1) is 12.8 Å². The van der Waals surface area contributed by atoms with E-state index in [0.29, 0.717) is 24.0 Å². The van der Waals surface area contributed by atoms with Crippen molar-refractivity contribution in [1.29, 1.82) is 0 Å². The Labute approximate surface area is 226 Å². The number of piperidine rings is 1. The number of carbonyl (C=O) groups excluding carboxylic acids is 2. The molecule has 1 fully saturated rings. The van der Waals surface area contributed by atoms with E-state index in [0.717, 1.165) is 29.5 Å². The fraction of sp³-hybridized carbons (Fsp3) is 0.355. The number of benzene rings is 3. The third-order valence-corrected chi connectivity index (χ3v) is 7.26. The predicted octanol–water partition coefficient (Wildman–Crippen LogP) is 7.23. The maximum absolute atomic E-state index is 13.5. The molecule has 39 heavy (non-hydrogen) atoms. The van der Waals surface area contributed by atoms with E-state index in [1.54, 1.807) is 24.8 Å². The molecule has 3 atom stereocenters. The number of rotatable bonds is 8. The van der Waals surface area contributed by atoms with Crippen LogP contribution in [0.25, 0.3) is 0 Å². The van der Waals surface area contributed by atoms with Crippen LogP contribution in [0.2, 0.25) is 0 Å². The molecule has 8 heteroatoms. The van der Waals surface area contributed by atoms with E-state index in [1.165, 1.54) is 0 Å². The summed E-state index contributed by atoms with van der Waals surface area (Å²) in [7, 11) is 0. The van der Waals surface area contributed by atoms with Gasteiger partial charge in [0.05, 0.1) is 23.8 Å². The Bertz CT molecular complexity index is 1270. The molecule has 1 amide bonds. The van der Waals surface area contributed by atoms with Crippen molar-refractivity contribution in [2.75, 3.05) is 13.2 Å². The van der Waals surface area contributed by atoms with Crippen molar-refractivity contribution in [3.63, 3.8) is 0 Å². The second-order valence-corrected chi connectivity index (χ2v) is 10.1. The van der Waals surface area contributed by atoms with Gasteiger partial charge in [0.25, 0.3) is 0 Å². The molecule has 1 saturated heterocycles. The minimum Gasteiger partial charge on any atom is -0.445 e. The number of likely N-dealkylation sites (tertiary alicyclic amines) is 1. The molecule has 0 aromatic heterocycles. The van der Waals surface area contributed by atoms with Crippen LogP contribution in [-0.4, -0.2) is 30.4 Å². The standard InChI is InChI=1S/C31H32F3NO4/c1-22-15-26(17-28(16-22)31(32,33)34)23(2)39-21-30(27-11-7-4-8-12-27)14-13-25(19-36)18-35(30)29(37)38-20-24-9-5-3-6-10-24/h3-12,15-17,19,23,25H,13-14,18,20-21H2,1-2H3/t23?,25?,30-/m1/s1. The average molecular weight is 540 g/mol. The van der Waals surface area contributed by atoms with E-state index >= 15 is 0 Å². The van der Waals surface area contributed by atoms with Gasteiger partial charge in [0.2, 0.25) is 0 Å². The second kappa shape index (κ2) is 12.0. The lowest BCUT2D eigenvalue weighted by Gasteiger charge is -2.48. The highest BCUT2D eigenvalue weighted by atomic mass is 19.4. The zero-order chi connectivity index (χ0) is 28.0. The Hall–Kier alpha value is -3.65. The Morgan fingerprint density at radius 2 is 1.74 bits per heavy atom. The van der Waals surface area contributed by atoms with E-state index in [4.69, 9.17) is 9.47 Å². The van der Waals surface area contributed by atoms with Crippen LogP contribution in [0.4, 0.5) is 18.0 Å². The molecular weight excluding hydrogens is 507 g/mol. The van der Waals surface area contributed by atoms with Crippen molar-refractivity contribution in [2.45, 2.75) is 51.1 Å². The second-order valence-electron chi connectivity index (χ2n) is 10.1. The summed E-state index contributed by atoms with van der Waals surface area (Å²) in [5, 5.41) is 0. The summed E-state index contributed by atoms with van der Waals surface area (Å²) in [4.78, 5) is 26.8. The van der Waals surface area contributed by atoms with Gasteiger partial charge >= 0.3 is 12.3 Å². The monoisotopic (exact) mass is 539 g/mol. The van der Waals surface area contributed by atoms with Crippen LogP contribution >= 0.6 is 0 Å². The number of hydrogen-bond acceptors (Lipinski definition) is 4. The van der Waals surface area contributed by atoms with Gasteiger partial charge in [-0.15, -0.1) is 0 Å². The largest absolute Gasteiger partial charge is 0.445 e. The number of alkyl halides is 3. The van der Waals surface area contributed by atoms with Crippen molar-refractivity contribution in [3.8, 4) is 0 Å². The lowest BCUT2D eigenvalue weighted by Crippen LogP contribution is -2.57. The van der Waals surface area contributed by atoms with Crippen LogP contribution in [0.3, 0.4) is 0 Å². The van der Waals surface area contributed by atoms with Crippen LogP contribution in [0.1, 0.15) is 53.7 Å². The third-order valence-electron chi connectivity index (χ3n) is 7.26. The number of nitrogens with zero attached hydrogens (tertiary/aromatic N) is 1. The summed E-state index contributed by atoms with van der Waals surface area (Å²) in [5.41, 5.74) is 0.794. The maximum atomic E-state index is 13.5. The van der Waals surface area contributed by atoms with E-state index in [1.807, 2.05) is 60.7 Å². The Balaban J connectivity index is 1.64. The molecule has 0 aliphatic carbocycles. The quantitative estimate of drug-likeness (QED) is 0.283. The highest BCUT2D eigenvalue weighted by molar-refractivity contribution is 5.71. The van der Waals surface area contributed by atoms with Crippen LogP contribution in [0.15, 0.2) is 78.9 Å². The van der Waals surface area contributed by atoms with E-state index < -0.39 is 29.5 Å². The molecule has 1 aliphatic rings. The zero-order valence-corrected chi connectivity index (χ0v) is 22.0. The van der Waals surface area contributed by atoms with Crippen molar-refractivity contribution in [2.24, 2.45) is 5.92 Å². The first kappa shape index (κ1) is 28.4. The van der Waals surface area contributed by atoms with E-state index in [-0.39, 0.29) is 25.7 Å². The Morgan fingerprint density at radius 1 is 1.08 bits per heavy atom. The predicted molar refractivity (Wildman–Crippen MR) is 141 cm³/mol. The molecule has 3 aromatic carbocycles. The molecule has 3 aromatic rings. The normalized spacial score (nSPS) is 20.3. The number of aldehydes is 1. The first-order valence-electron chi connectivity index (χ1n) is 12.9. The minimum absolute atomic E-state index is 0.0134. The molecule has 206 valence electrons. The number of hydrogen-bond donors (Lipinski definition) is 0. The van der Waals surface area contributed by atoms with Gasteiger partial charge in [-0.25, -0.2) is 4.79 Å². The highest BCUT2D eigenvalue weighted by Crippen LogP contribution is 2.41. The van der Waals surface area contributed by atoms with E-state index in [9.17, 15) is 22.8 Å². The summed E-state index contributed by atoms with van der Waals surface area (Å²) in [5.74, 6) is -0.366. The van der Waals surface area contributed by atoms with Gasteiger partial charge in [0.15, 0.2) is 0 Å². The number of halogens is 3. The maximum Gasteiger partial charge on any atom is 0.416 e. The lowest BCUT2D eigenvalue weighted by atomic mass is 9.78. The Morgan fingerprint density at radius 3 is 2.38 bits per heavy atom. The van der Waals surface area contributed by atoms with Crippen LogP contribution in [-0.2, 0) is 32.6 Å².